The van der Waals surface area contributed by atoms with E-state index in [1.54, 1.807) is 23.2 Å². The second-order valence-corrected chi connectivity index (χ2v) is 9.14. The molecular formula is C26H19Cl2F2N7. The highest BCUT2D eigenvalue weighted by molar-refractivity contribution is 6.36. The average Bonchev–Trinajstić information content (AvgIpc) is 3.31. The maximum absolute atomic E-state index is 13.7. The van der Waals surface area contributed by atoms with E-state index in [0.717, 1.165) is 11.3 Å². The van der Waals surface area contributed by atoms with Crippen LogP contribution in [-0.2, 0) is 0 Å². The molecular weight excluding hydrogens is 519 g/mol. The number of halogens is 4. The fourth-order valence-electron chi connectivity index (χ4n) is 4.02. The highest BCUT2D eigenvalue weighted by Crippen LogP contribution is 2.37. The van der Waals surface area contributed by atoms with Gasteiger partial charge in [0.05, 0.1) is 38.6 Å². The minimum atomic E-state index is -0.552. The summed E-state index contributed by atoms with van der Waals surface area (Å²) >= 11 is 12.6. The maximum Gasteiger partial charge on any atom is 0.141 e. The summed E-state index contributed by atoms with van der Waals surface area (Å²) in [7, 11) is 1.84. The molecule has 0 bridgehead atoms. The summed E-state index contributed by atoms with van der Waals surface area (Å²) in [5, 5.41) is 19.0. The van der Waals surface area contributed by atoms with Crippen LogP contribution in [-0.4, -0.2) is 17.0 Å². The Morgan fingerprint density at radius 2 is 1.78 bits per heavy atom. The topological polar surface area (TPSA) is 88.0 Å². The molecule has 186 valence electrons. The molecule has 1 aromatic heterocycles. The monoisotopic (exact) mass is 537 g/mol. The fraction of sp³-hybridized carbons (Fsp3) is 0.0769. The van der Waals surface area contributed by atoms with Crippen LogP contribution in [0.25, 0.3) is 10.9 Å². The summed E-state index contributed by atoms with van der Waals surface area (Å²) in [5.74, 6) is -0.893. The van der Waals surface area contributed by atoms with Gasteiger partial charge in [-0.1, -0.05) is 35.3 Å². The van der Waals surface area contributed by atoms with Crippen LogP contribution in [0.2, 0.25) is 10.0 Å². The van der Waals surface area contributed by atoms with E-state index in [1.165, 1.54) is 36.5 Å². The number of hydrazine groups is 2. The predicted octanol–water partition coefficient (Wildman–Crippen LogP) is 6.38. The number of nitriles is 1. The SMILES string of the molecule is CN1C=C(C(Nc2cc(Cl)c3ncc(C#N)c(Nc4ccc(F)c(Cl)c4)c3c2)c2ccc(F)cc2)NN1. The molecule has 37 heavy (non-hydrogen) atoms. The van der Waals surface area contributed by atoms with Gasteiger partial charge < -0.3 is 16.1 Å². The summed E-state index contributed by atoms with van der Waals surface area (Å²) < 4.78 is 27.3. The number of nitrogens with zero attached hydrogens (tertiary/aromatic N) is 3. The number of aromatic nitrogens is 1. The van der Waals surface area contributed by atoms with Crippen molar-refractivity contribution >= 4 is 51.2 Å². The van der Waals surface area contributed by atoms with Crippen molar-refractivity contribution in [3.63, 3.8) is 0 Å². The van der Waals surface area contributed by atoms with E-state index >= 15 is 0 Å². The molecule has 0 spiro atoms. The van der Waals surface area contributed by atoms with Gasteiger partial charge in [0.25, 0.3) is 0 Å². The third kappa shape index (κ3) is 5.08. The molecule has 0 saturated carbocycles. The lowest BCUT2D eigenvalue weighted by atomic mass is 10.0. The van der Waals surface area contributed by atoms with Crippen LogP contribution in [0.5, 0.6) is 0 Å². The first-order valence-corrected chi connectivity index (χ1v) is 11.8. The van der Waals surface area contributed by atoms with Crippen molar-refractivity contribution in [2.24, 2.45) is 0 Å². The molecule has 0 amide bonds. The molecule has 0 radical (unpaired) electrons. The Balaban J connectivity index is 1.60. The smallest absolute Gasteiger partial charge is 0.141 e. The van der Waals surface area contributed by atoms with E-state index in [-0.39, 0.29) is 16.4 Å². The number of pyridine rings is 1. The lowest BCUT2D eigenvalue weighted by Crippen LogP contribution is -2.35. The largest absolute Gasteiger partial charge is 0.373 e. The van der Waals surface area contributed by atoms with E-state index in [9.17, 15) is 14.0 Å². The van der Waals surface area contributed by atoms with Gasteiger partial charge in [0.1, 0.15) is 17.7 Å². The van der Waals surface area contributed by atoms with Crippen LogP contribution in [0.1, 0.15) is 17.2 Å². The molecule has 1 atom stereocenters. The van der Waals surface area contributed by atoms with Crippen LogP contribution < -0.4 is 21.6 Å². The summed E-state index contributed by atoms with van der Waals surface area (Å²) in [4.78, 5) is 4.37. The molecule has 4 aromatic rings. The molecule has 0 saturated heterocycles. The molecule has 1 aliphatic rings. The van der Waals surface area contributed by atoms with Crippen molar-refractivity contribution in [2.75, 3.05) is 17.7 Å². The highest BCUT2D eigenvalue weighted by atomic mass is 35.5. The van der Waals surface area contributed by atoms with Gasteiger partial charge in [-0.2, -0.15) is 5.26 Å². The van der Waals surface area contributed by atoms with Crippen molar-refractivity contribution in [3.05, 3.63) is 105 Å². The van der Waals surface area contributed by atoms with Gasteiger partial charge in [-0.15, -0.1) is 5.53 Å². The second kappa shape index (κ2) is 10.1. The standard InChI is InChI=1S/C26H19Cl2F2N7/c1-37-13-23(35-36-37)25(14-2-4-16(29)5-3-14)34-18-8-19-24(33-17-6-7-22(30)20(27)9-17)15(11-31)12-32-26(19)21(28)10-18/h2-10,12-13,25,34-36H,1H3,(H,32,33). The predicted molar refractivity (Wildman–Crippen MR) is 141 cm³/mol. The van der Waals surface area contributed by atoms with Crippen molar-refractivity contribution in [3.8, 4) is 6.07 Å². The van der Waals surface area contributed by atoms with Gasteiger partial charge in [0, 0.05) is 36.2 Å². The van der Waals surface area contributed by atoms with Gasteiger partial charge in [-0.3, -0.25) is 9.99 Å². The lowest BCUT2D eigenvalue weighted by molar-refractivity contribution is 0.326. The third-order valence-electron chi connectivity index (χ3n) is 5.77. The van der Waals surface area contributed by atoms with E-state index in [4.69, 9.17) is 23.2 Å². The van der Waals surface area contributed by atoms with Crippen LogP contribution in [0, 0.1) is 23.0 Å². The molecule has 11 heteroatoms. The Labute approximate surface area is 221 Å². The second-order valence-electron chi connectivity index (χ2n) is 8.33. The van der Waals surface area contributed by atoms with Gasteiger partial charge in [-0.25, -0.2) is 8.78 Å². The zero-order valence-corrected chi connectivity index (χ0v) is 20.8. The number of hydrogen-bond donors (Lipinski definition) is 4. The first kappa shape index (κ1) is 24.6. The zero-order valence-electron chi connectivity index (χ0n) is 19.3. The highest BCUT2D eigenvalue weighted by Gasteiger charge is 2.22. The number of anilines is 3. The quantitative estimate of drug-likeness (QED) is 0.227. The fourth-order valence-corrected chi connectivity index (χ4v) is 4.46. The number of nitrogens with one attached hydrogen (secondary N) is 4. The Morgan fingerprint density at radius 1 is 1.03 bits per heavy atom. The van der Waals surface area contributed by atoms with Gasteiger partial charge >= 0.3 is 0 Å². The normalized spacial score (nSPS) is 13.6. The first-order valence-electron chi connectivity index (χ1n) is 11.0. The Kier molecular flexibility index (Phi) is 6.72. The number of hydrogen-bond acceptors (Lipinski definition) is 7. The third-order valence-corrected chi connectivity index (χ3v) is 6.35. The molecule has 5 rings (SSSR count). The molecule has 2 heterocycles. The summed E-state index contributed by atoms with van der Waals surface area (Å²) in [6.07, 6.45) is 3.29. The average molecular weight is 538 g/mol. The summed E-state index contributed by atoms with van der Waals surface area (Å²) in [6, 6.07) is 15.6. The Morgan fingerprint density at radius 3 is 2.46 bits per heavy atom. The summed E-state index contributed by atoms with van der Waals surface area (Å²) in [6.45, 7) is 0. The van der Waals surface area contributed by atoms with Crippen LogP contribution >= 0.6 is 23.2 Å². The Bertz CT molecular complexity index is 1570. The molecule has 3 aromatic carbocycles. The zero-order chi connectivity index (χ0) is 26.1. The van der Waals surface area contributed by atoms with Crippen molar-refractivity contribution in [1.29, 1.82) is 5.26 Å². The van der Waals surface area contributed by atoms with E-state index in [0.29, 0.717) is 33.0 Å². The Hall–Kier alpha value is -4.10. The number of fused-ring (bicyclic) bond motifs is 1. The van der Waals surface area contributed by atoms with Gasteiger partial charge in [0.2, 0.25) is 0 Å². The molecule has 1 unspecified atom stereocenters. The van der Waals surface area contributed by atoms with Crippen LogP contribution in [0.3, 0.4) is 0 Å². The minimum Gasteiger partial charge on any atom is -0.373 e. The van der Waals surface area contributed by atoms with Crippen molar-refractivity contribution in [2.45, 2.75) is 6.04 Å². The number of rotatable bonds is 6. The van der Waals surface area contributed by atoms with Gasteiger partial charge in [-0.05, 0) is 48.0 Å². The van der Waals surface area contributed by atoms with E-state index in [1.807, 2.05) is 19.3 Å². The lowest BCUT2D eigenvalue weighted by Gasteiger charge is -2.22. The van der Waals surface area contributed by atoms with Crippen LogP contribution in [0.15, 0.2) is 72.7 Å². The molecule has 0 fully saturated rings. The van der Waals surface area contributed by atoms with Gasteiger partial charge in [0.15, 0.2) is 0 Å². The maximum atomic E-state index is 13.7. The molecule has 7 nitrogen and oxygen atoms in total. The first-order chi connectivity index (χ1) is 17.8. The van der Waals surface area contributed by atoms with E-state index in [2.05, 4.69) is 32.6 Å². The van der Waals surface area contributed by atoms with E-state index < -0.39 is 11.9 Å². The molecule has 0 aliphatic carbocycles. The van der Waals surface area contributed by atoms with Crippen molar-refractivity contribution < 1.29 is 8.78 Å². The minimum absolute atomic E-state index is 0.0553. The molecule has 4 N–H and O–H groups in total. The summed E-state index contributed by atoms with van der Waals surface area (Å²) in [5.41, 5.74) is 9.96. The van der Waals surface area contributed by atoms with Crippen LogP contribution in [0.4, 0.5) is 25.8 Å². The number of benzene rings is 3. The molecule has 1 aliphatic heterocycles. The van der Waals surface area contributed by atoms with Crippen molar-refractivity contribution in [1.82, 2.24) is 21.0 Å².